The predicted octanol–water partition coefficient (Wildman–Crippen LogP) is -1.18. The number of hydrogen-bond donors (Lipinski definition) is 2. The van der Waals surface area contributed by atoms with Crippen molar-refractivity contribution >= 4 is 12.9 Å². The predicted molar refractivity (Wildman–Crippen MR) is 34.4 cm³/mol. The minimum absolute atomic E-state index is 0.0654. The van der Waals surface area contributed by atoms with Gasteiger partial charge in [-0.15, -0.1) is 0 Å². The molecule has 0 amide bonds. The Morgan fingerprint density at radius 1 is 1.60 bits per heavy atom. The van der Waals surface area contributed by atoms with Crippen molar-refractivity contribution in [3.63, 3.8) is 0 Å². The monoisotopic (exact) mass is 144 g/mol. The van der Waals surface area contributed by atoms with Crippen LogP contribution >= 0.6 is 0 Å². The van der Waals surface area contributed by atoms with Crippen LogP contribution < -0.4 is 0 Å². The third kappa shape index (κ3) is 1.80. The Morgan fingerprint density at radius 2 is 2.30 bits per heavy atom. The lowest BCUT2D eigenvalue weighted by molar-refractivity contribution is -0.127. The van der Waals surface area contributed by atoms with Gasteiger partial charge in [-0.25, -0.2) is 0 Å². The molecular formula is C5H9BO4. The Kier molecular flexibility index (Phi) is 2.42. The number of hydrogen-bond acceptors (Lipinski definition) is 4. The first-order valence-corrected chi connectivity index (χ1v) is 3.15. The van der Waals surface area contributed by atoms with Gasteiger partial charge in [0.2, 0.25) is 0 Å². The molecule has 1 heterocycles. The van der Waals surface area contributed by atoms with E-state index in [1.54, 1.807) is 0 Å². The summed E-state index contributed by atoms with van der Waals surface area (Å²) >= 11 is 0. The first kappa shape index (κ1) is 7.72. The highest BCUT2D eigenvalue weighted by Gasteiger charge is 2.29. The Bertz CT molecular complexity index is 136. The molecule has 0 aromatic heterocycles. The first-order valence-electron chi connectivity index (χ1n) is 3.15. The molecule has 1 rings (SSSR count). The minimum atomic E-state index is -1.43. The standard InChI is InChI=1S/C5H9BO4/c7-5-1-4(6(8)9)2-10-3-5/h4,8-9H,1-3H2. The van der Waals surface area contributed by atoms with Gasteiger partial charge in [0, 0.05) is 18.8 Å². The minimum Gasteiger partial charge on any atom is -0.427 e. The molecule has 0 radical (unpaired) electrons. The van der Waals surface area contributed by atoms with Gasteiger partial charge < -0.3 is 14.8 Å². The van der Waals surface area contributed by atoms with Crippen LogP contribution in [0.25, 0.3) is 0 Å². The summed E-state index contributed by atoms with van der Waals surface area (Å²) in [6.45, 7) is 0.382. The number of ether oxygens (including phenoxy) is 1. The number of carbonyl (C=O) groups excluding carboxylic acids is 1. The molecule has 1 aliphatic rings. The number of rotatable bonds is 1. The van der Waals surface area contributed by atoms with Gasteiger partial charge in [-0.3, -0.25) is 4.79 Å². The van der Waals surface area contributed by atoms with Crippen molar-refractivity contribution in [2.45, 2.75) is 12.2 Å². The molecule has 1 aliphatic heterocycles. The molecule has 1 fully saturated rings. The smallest absolute Gasteiger partial charge is 0.427 e. The van der Waals surface area contributed by atoms with E-state index in [9.17, 15) is 4.79 Å². The third-order valence-electron chi connectivity index (χ3n) is 1.51. The lowest BCUT2D eigenvalue weighted by Crippen LogP contribution is -2.32. The molecule has 0 aliphatic carbocycles. The van der Waals surface area contributed by atoms with Crippen molar-refractivity contribution < 1.29 is 19.6 Å². The maximum absolute atomic E-state index is 10.6. The highest BCUT2D eigenvalue weighted by molar-refractivity contribution is 6.43. The fourth-order valence-corrected chi connectivity index (χ4v) is 0.926. The van der Waals surface area contributed by atoms with Crippen LogP contribution in [-0.4, -0.2) is 36.2 Å². The van der Waals surface area contributed by atoms with E-state index in [1.807, 2.05) is 0 Å². The Labute approximate surface area is 58.9 Å². The van der Waals surface area contributed by atoms with Crippen molar-refractivity contribution in [1.82, 2.24) is 0 Å². The summed E-state index contributed by atoms with van der Waals surface area (Å²) in [5, 5.41) is 17.2. The molecule has 56 valence electrons. The molecule has 5 heteroatoms. The molecular weight excluding hydrogens is 135 g/mol. The summed E-state index contributed by atoms with van der Waals surface area (Å²) in [6.07, 6.45) is 0.220. The van der Waals surface area contributed by atoms with E-state index < -0.39 is 12.9 Å². The second-order valence-corrected chi connectivity index (χ2v) is 2.43. The molecule has 0 aromatic rings. The summed E-state index contributed by atoms with van der Waals surface area (Å²) in [6, 6.07) is 0. The lowest BCUT2D eigenvalue weighted by atomic mass is 9.70. The molecule has 1 saturated heterocycles. The SMILES string of the molecule is O=C1COCC(B(O)O)C1. The molecule has 0 saturated carbocycles. The van der Waals surface area contributed by atoms with Crippen LogP contribution in [0.4, 0.5) is 0 Å². The molecule has 2 N–H and O–H groups in total. The number of Topliss-reactive ketones (excluding diaryl/α,β-unsaturated/α-hetero) is 1. The Hall–Kier alpha value is -0.385. The average Bonchev–Trinajstić information content (AvgIpc) is 1.88. The largest absolute Gasteiger partial charge is 0.457 e. The summed E-state index contributed by atoms with van der Waals surface area (Å²) in [5.41, 5.74) is 0. The van der Waals surface area contributed by atoms with Crippen LogP contribution in [0.1, 0.15) is 6.42 Å². The zero-order valence-corrected chi connectivity index (χ0v) is 5.49. The van der Waals surface area contributed by atoms with Gasteiger partial charge in [-0.05, 0) is 0 Å². The summed E-state index contributed by atoms with van der Waals surface area (Å²) in [5.74, 6) is -0.495. The number of carbonyl (C=O) groups is 1. The molecule has 10 heavy (non-hydrogen) atoms. The van der Waals surface area contributed by atoms with Gasteiger partial charge >= 0.3 is 7.12 Å². The molecule has 0 spiro atoms. The molecule has 1 unspecified atom stereocenters. The summed E-state index contributed by atoms with van der Waals surface area (Å²) < 4.78 is 4.79. The van der Waals surface area contributed by atoms with Gasteiger partial charge in [-0.2, -0.15) is 0 Å². The zero-order chi connectivity index (χ0) is 7.56. The Balaban J connectivity index is 2.39. The maximum atomic E-state index is 10.6. The van der Waals surface area contributed by atoms with Gasteiger partial charge in [0.15, 0.2) is 5.78 Å². The van der Waals surface area contributed by atoms with Gasteiger partial charge in [0.25, 0.3) is 0 Å². The van der Waals surface area contributed by atoms with Crippen molar-refractivity contribution in [2.24, 2.45) is 0 Å². The highest BCUT2D eigenvalue weighted by Crippen LogP contribution is 2.17. The van der Waals surface area contributed by atoms with Crippen molar-refractivity contribution in [3.05, 3.63) is 0 Å². The van der Waals surface area contributed by atoms with E-state index in [2.05, 4.69) is 0 Å². The zero-order valence-electron chi connectivity index (χ0n) is 5.49. The van der Waals surface area contributed by atoms with E-state index in [-0.39, 0.29) is 25.4 Å². The lowest BCUT2D eigenvalue weighted by Gasteiger charge is -2.19. The van der Waals surface area contributed by atoms with Crippen LogP contribution in [0.5, 0.6) is 0 Å². The van der Waals surface area contributed by atoms with Gasteiger partial charge in [0.1, 0.15) is 6.61 Å². The van der Waals surface area contributed by atoms with Crippen molar-refractivity contribution in [2.75, 3.05) is 13.2 Å². The highest BCUT2D eigenvalue weighted by atomic mass is 16.5. The molecule has 4 nitrogen and oxygen atoms in total. The Morgan fingerprint density at radius 3 is 2.70 bits per heavy atom. The van der Waals surface area contributed by atoms with Crippen LogP contribution in [0.15, 0.2) is 0 Å². The average molecular weight is 144 g/mol. The topological polar surface area (TPSA) is 66.8 Å². The van der Waals surface area contributed by atoms with Crippen molar-refractivity contribution in [3.8, 4) is 0 Å². The van der Waals surface area contributed by atoms with E-state index in [0.29, 0.717) is 0 Å². The van der Waals surface area contributed by atoms with Gasteiger partial charge in [-0.1, -0.05) is 0 Å². The van der Waals surface area contributed by atoms with Crippen LogP contribution in [0.3, 0.4) is 0 Å². The van der Waals surface area contributed by atoms with Crippen LogP contribution in [0.2, 0.25) is 5.82 Å². The van der Waals surface area contributed by atoms with Crippen LogP contribution in [-0.2, 0) is 9.53 Å². The van der Waals surface area contributed by atoms with E-state index in [1.165, 1.54) is 0 Å². The summed E-state index contributed by atoms with van der Waals surface area (Å²) in [4.78, 5) is 10.6. The fraction of sp³-hybridized carbons (Fsp3) is 0.800. The molecule has 1 atom stereocenters. The van der Waals surface area contributed by atoms with E-state index in [0.717, 1.165) is 0 Å². The fourth-order valence-electron chi connectivity index (χ4n) is 0.926. The third-order valence-corrected chi connectivity index (χ3v) is 1.51. The molecule has 0 aromatic carbocycles. The van der Waals surface area contributed by atoms with E-state index >= 15 is 0 Å². The van der Waals surface area contributed by atoms with Crippen LogP contribution in [0, 0.1) is 0 Å². The van der Waals surface area contributed by atoms with Crippen molar-refractivity contribution in [1.29, 1.82) is 0 Å². The maximum Gasteiger partial charge on any atom is 0.457 e. The summed E-state index contributed by atoms with van der Waals surface area (Å²) in [7, 11) is -1.43. The number of ketones is 1. The quantitative estimate of drug-likeness (QED) is 0.454. The normalized spacial score (nSPS) is 26.6. The first-order chi connectivity index (χ1) is 4.70. The second-order valence-electron chi connectivity index (χ2n) is 2.43. The molecule has 0 bridgehead atoms. The van der Waals surface area contributed by atoms with Gasteiger partial charge in [0.05, 0.1) is 0 Å². The van der Waals surface area contributed by atoms with E-state index in [4.69, 9.17) is 14.8 Å². The second kappa shape index (κ2) is 3.14.